The van der Waals surface area contributed by atoms with Crippen LogP contribution in [0.5, 0.6) is 0 Å². The predicted molar refractivity (Wildman–Crippen MR) is 39.7 cm³/mol. The molecule has 0 aliphatic carbocycles. The first-order valence-corrected chi connectivity index (χ1v) is 3.01. The number of hydrogen-bond donors (Lipinski definition) is 2. The van der Waals surface area contributed by atoms with Crippen LogP contribution in [-0.2, 0) is 0 Å². The zero-order valence-corrected chi connectivity index (χ0v) is 6.72. The van der Waals surface area contributed by atoms with E-state index in [1.807, 2.05) is 0 Å². The molecule has 0 saturated heterocycles. The topological polar surface area (TPSA) is 163 Å². The maximum absolute atomic E-state index is 8.58. The lowest BCUT2D eigenvalue weighted by molar-refractivity contribution is -0.491. The Morgan fingerprint density at radius 2 is 2.00 bits per heavy atom. The van der Waals surface area contributed by atoms with E-state index in [4.69, 9.17) is 10.1 Å². The van der Waals surface area contributed by atoms with Crippen molar-refractivity contribution in [2.24, 2.45) is 5.84 Å². The number of rotatable bonds is 0. The Hall–Kier alpha value is -2.59. The number of nitrogens with zero attached hydrogens (tertiary/aromatic N) is 6. The number of H-pyrrole nitrogens is 1. The van der Waals surface area contributed by atoms with Gasteiger partial charge in [0.1, 0.15) is 6.33 Å². The van der Waals surface area contributed by atoms with E-state index in [0.29, 0.717) is 0 Å². The summed E-state index contributed by atoms with van der Waals surface area (Å²) >= 11 is 0. The summed E-state index contributed by atoms with van der Waals surface area (Å²) in [7, 11) is 0. The monoisotopic (exact) mass is 202 g/mol. The van der Waals surface area contributed by atoms with E-state index in [0.717, 1.165) is 0 Å². The molecule has 0 aliphatic heterocycles. The van der Waals surface area contributed by atoms with Crippen LogP contribution < -0.4 is 5.84 Å². The van der Waals surface area contributed by atoms with Crippen molar-refractivity contribution >= 4 is 0 Å². The van der Waals surface area contributed by atoms with Crippen LogP contribution in [0.2, 0.25) is 0 Å². The smallest absolute Gasteiger partial charge is 0.154 e. The van der Waals surface area contributed by atoms with Gasteiger partial charge in [-0.2, -0.15) is 5.84 Å². The summed E-state index contributed by atoms with van der Waals surface area (Å²) in [5, 5.41) is 26.2. The predicted octanol–water partition coefficient (Wildman–Crippen LogP) is -1.59. The fourth-order valence-electron chi connectivity index (χ4n) is 0.265. The maximum Gasteiger partial charge on any atom is 0.154 e. The van der Waals surface area contributed by atoms with Gasteiger partial charge in [-0.25, -0.2) is 19.8 Å². The highest BCUT2D eigenvalue weighted by atomic mass is 16.7. The van der Waals surface area contributed by atoms with Gasteiger partial charge in [0.05, 0.1) is 12.4 Å². The summed E-state index contributed by atoms with van der Waals surface area (Å²) in [6.07, 6.45) is 4.35. The van der Waals surface area contributed by atoms with E-state index in [-0.39, 0.29) is 0 Å². The molecule has 0 bridgehead atoms. The number of hydrazine groups is 1. The molecule has 0 spiro atoms. The number of hydrogen-bond acceptors (Lipinski definition) is 8. The third-order valence-electron chi connectivity index (χ3n) is 0.552. The lowest BCUT2D eigenvalue weighted by Crippen LogP contribution is -2.04. The molecule has 11 nitrogen and oxygen atoms in total. The lowest BCUT2D eigenvalue weighted by atomic mass is 11.0. The zero-order chi connectivity index (χ0) is 10.6. The number of aromatic nitrogens is 6. The standard InChI is InChI=1S/C2H2N2O.CH2N4.H2N2O2/c2*1-2-4-5-3-1;1-2(3)4/h1-2H;1H,(H,2,3,4,5);1H2. The Morgan fingerprint density at radius 1 is 1.43 bits per heavy atom. The molecule has 0 amide bonds. The lowest BCUT2D eigenvalue weighted by Gasteiger charge is -1.61. The quantitative estimate of drug-likeness (QED) is 0.291. The average Bonchev–Trinajstić information content (AvgIpc) is 2.83. The highest BCUT2D eigenvalue weighted by molar-refractivity contribution is 4.51. The second kappa shape index (κ2) is 8.51. The molecular formula is C3H6N8O3. The molecule has 2 aromatic heterocycles. The molecule has 0 aliphatic rings. The van der Waals surface area contributed by atoms with Crippen molar-refractivity contribution in [3.63, 3.8) is 0 Å². The Labute approximate surface area is 76.4 Å². The van der Waals surface area contributed by atoms with Gasteiger partial charge in [-0.1, -0.05) is 10.3 Å². The van der Waals surface area contributed by atoms with Gasteiger partial charge in [0.15, 0.2) is 5.03 Å². The molecule has 0 saturated carbocycles. The first-order chi connectivity index (χ1) is 6.73. The summed E-state index contributed by atoms with van der Waals surface area (Å²) in [6.45, 7) is 0. The highest BCUT2D eigenvalue weighted by Gasteiger charge is 1.61. The number of nitrogens with one attached hydrogen (secondary N) is 1. The Morgan fingerprint density at radius 3 is 2.14 bits per heavy atom. The van der Waals surface area contributed by atoms with Crippen molar-refractivity contribution in [3.8, 4) is 0 Å². The van der Waals surface area contributed by atoms with Crippen molar-refractivity contribution in [1.29, 1.82) is 0 Å². The van der Waals surface area contributed by atoms with E-state index >= 15 is 0 Å². The van der Waals surface area contributed by atoms with Gasteiger partial charge in [0, 0.05) is 0 Å². The molecular weight excluding hydrogens is 196 g/mol. The van der Waals surface area contributed by atoms with Gasteiger partial charge >= 0.3 is 0 Å². The van der Waals surface area contributed by atoms with Crippen LogP contribution in [0, 0.1) is 10.1 Å². The molecule has 2 heterocycles. The van der Waals surface area contributed by atoms with Gasteiger partial charge in [0.2, 0.25) is 0 Å². The molecule has 2 rings (SSSR count). The van der Waals surface area contributed by atoms with Gasteiger partial charge in [0.25, 0.3) is 0 Å². The summed E-state index contributed by atoms with van der Waals surface area (Å²) < 4.78 is 4.08. The fraction of sp³-hybridized carbons (Fsp3) is 0. The Bertz CT molecular complexity index is 227. The molecule has 76 valence electrons. The second-order valence-corrected chi connectivity index (χ2v) is 1.44. The van der Waals surface area contributed by atoms with E-state index in [1.165, 1.54) is 18.7 Å². The van der Waals surface area contributed by atoms with E-state index in [2.05, 4.69) is 41.4 Å². The third-order valence-corrected chi connectivity index (χ3v) is 0.552. The summed E-state index contributed by atoms with van der Waals surface area (Å²) in [6, 6.07) is 0. The van der Waals surface area contributed by atoms with E-state index in [9.17, 15) is 0 Å². The molecule has 0 fully saturated rings. The third kappa shape index (κ3) is 12.1. The minimum absolute atomic E-state index is 1.00. The average molecular weight is 202 g/mol. The minimum Gasteiger partial charge on any atom is -0.246 e. The van der Waals surface area contributed by atoms with Gasteiger partial charge in [-0.05, 0) is 10.4 Å². The number of aromatic amines is 1. The maximum atomic E-state index is 8.58. The SMILES string of the molecule is N[N+](=O)[O-].c1cnon1.c1nnn[nH]1. The minimum atomic E-state index is -1.00. The summed E-state index contributed by atoms with van der Waals surface area (Å²) in [5.41, 5.74) is 0. The molecule has 11 heteroatoms. The van der Waals surface area contributed by atoms with Crippen molar-refractivity contribution in [1.82, 2.24) is 30.9 Å². The molecule has 0 unspecified atom stereocenters. The summed E-state index contributed by atoms with van der Waals surface area (Å²) in [5.74, 6) is 3.83. The van der Waals surface area contributed by atoms with E-state index in [1.54, 1.807) is 0 Å². The van der Waals surface area contributed by atoms with Crippen molar-refractivity contribution in [3.05, 3.63) is 28.8 Å². The van der Waals surface area contributed by atoms with Crippen LogP contribution in [0.3, 0.4) is 0 Å². The van der Waals surface area contributed by atoms with Gasteiger partial charge < -0.3 is 0 Å². The Balaban J connectivity index is 0.000000183. The van der Waals surface area contributed by atoms with Gasteiger partial charge in [-0.15, -0.1) is 5.10 Å². The van der Waals surface area contributed by atoms with Crippen molar-refractivity contribution in [2.45, 2.75) is 0 Å². The van der Waals surface area contributed by atoms with E-state index < -0.39 is 5.03 Å². The Kier molecular flexibility index (Phi) is 6.93. The molecule has 3 N–H and O–H groups in total. The highest BCUT2D eigenvalue weighted by Crippen LogP contribution is 1.62. The first-order valence-electron chi connectivity index (χ1n) is 3.01. The summed E-state index contributed by atoms with van der Waals surface area (Å²) in [4.78, 5) is 8.58. The number of nitrogens with two attached hydrogens (primary N) is 1. The normalized spacial score (nSPS) is 7.43. The molecule has 0 radical (unpaired) electrons. The zero-order valence-electron chi connectivity index (χ0n) is 6.72. The van der Waals surface area contributed by atoms with Crippen LogP contribution >= 0.6 is 0 Å². The largest absolute Gasteiger partial charge is 0.246 e. The van der Waals surface area contributed by atoms with Crippen LogP contribution in [-0.4, -0.2) is 36.0 Å². The first kappa shape index (κ1) is 11.4. The van der Waals surface area contributed by atoms with Crippen LogP contribution in [0.1, 0.15) is 0 Å². The van der Waals surface area contributed by atoms with Crippen molar-refractivity contribution in [2.75, 3.05) is 0 Å². The van der Waals surface area contributed by atoms with Crippen LogP contribution in [0.15, 0.2) is 23.4 Å². The second-order valence-electron chi connectivity index (χ2n) is 1.44. The fourth-order valence-corrected chi connectivity index (χ4v) is 0.265. The number of tetrazole rings is 1. The van der Waals surface area contributed by atoms with Crippen LogP contribution in [0.25, 0.3) is 0 Å². The molecule has 2 aromatic rings. The molecule has 0 atom stereocenters. The van der Waals surface area contributed by atoms with Gasteiger partial charge in [-0.3, -0.25) is 0 Å². The van der Waals surface area contributed by atoms with Crippen LogP contribution in [0.4, 0.5) is 0 Å². The molecule has 0 aromatic carbocycles. The molecule has 14 heavy (non-hydrogen) atoms. The van der Waals surface area contributed by atoms with Crippen molar-refractivity contribution < 1.29 is 9.66 Å². The number of nitro groups is 1.